The van der Waals surface area contributed by atoms with Gasteiger partial charge in [-0.15, -0.1) is 0 Å². The number of hydrogen-bond acceptors (Lipinski definition) is 3. The number of carbonyl (C=O) groups is 2. The van der Waals surface area contributed by atoms with E-state index in [-0.39, 0.29) is 17.7 Å². The quantitative estimate of drug-likeness (QED) is 0.875. The van der Waals surface area contributed by atoms with Gasteiger partial charge in [0.15, 0.2) is 0 Å². The van der Waals surface area contributed by atoms with E-state index in [1.54, 1.807) is 29.4 Å². The van der Waals surface area contributed by atoms with Gasteiger partial charge >= 0.3 is 0 Å². The van der Waals surface area contributed by atoms with E-state index >= 15 is 0 Å². The summed E-state index contributed by atoms with van der Waals surface area (Å²) in [7, 11) is 0. The topological polar surface area (TPSA) is 62.3 Å². The third-order valence-corrected chi connectivity index (χ3v) is 3.18. The van der Waals surface area contributed by atoms with Crippen LogP contribution in [0.4, 0.5) is 5.69 Å². The highest BCUT2D eigenvalue weighted by atomic mass is 16.2. The van der Waals surface area contributed by atoms with Crippen LogP contribution in [0.5, 0.6) is 0 Å². The van der Waals surface area contributed by atoms with E-state index < -0.39 is 0 Å². The van der Waals surface area contributed by atoms with Crippen LogP contribution < -0.4 is 5.32 Å². The molecule has 2 rings (SSSR count). The molecule has 18 heavy (non-hydrogen) atoms. The normalized spacial score (nSPS) is 19.7. The summed E-state index contributed by atoms with van der Waals surface area (Å²) < 4.78 is 0. The van der Waals surface area contributed by atoms with E-state index in [0.29, 0.717) is 31.6 Å². The van der Waals surface area contributed by atoms with Crippen molar-refractivity contribution in [1.29, 1.82) is 0 Å². The molecule has 0 spiro atoms. The fourth-order valence-electron chi connectivity index (χ4n) is 2.12. The number of anilines is 1. The maximum Gasteiger partial charge on any atom is 0.229 e. The molecule has 1 aliphatic rings. The van der Waals surface area contributed by atoms with Gasteiger partial charge in [0.2, 0.25) is 11.8 Å². The minimum atomic E-state index is -0.122. The van der Waals surface area contributed by atoms with E-state index in [4.69, 9.17) is 0 Å². The van der Waals surface area contributed by atoms with Crippen LogP contribution in [-0.2, 0) is 9.59 Å². The second-order valence-electron chi connectivity index (χ2n) is 4.40. The Morgan fingerprint density at radius 3 is 3.11 bits per heavy atom. The SMILES string of the molecule is CCN1CC(C(=O)Nc2cccnc2)CCC1=O. The van der Waals surface area contributed by atoms with E-state index in [9.17, 15) is 9.59 Å². The Morgan fingerprint density at radius 2 is 2.44 bits per heavy atom. The molecule has 2 heterocycles. The molecule has 1 aliphatic heterocycles. The van der Waals surface area contributed by atoms with Gasteiger partial charge in [0.1, 0.15) is 0 Å². The molecular weight excluding hydrogens is 230 g/mol. The highest BCUT2D eigenvalue weighted by Crippen LogP contribution is 2.19. The van der Waals surface area contributed by atoms with Crippen molar-refractivity contribution in [3.05, 3.63) is 24.5 Å². The number of piperidine rings is 1. The number of nitrogens with one attached hydrogen (secondary N) is 1. The third kappa shape index (κ3) is 2.85. The zero-order valence-corrected chi connectivity index (χ0v) is 10.4. The second kappa shape index (κ2) is 5.62. The number of likely N-dealkylation sites (tertiary alicyclic amines) is 1. The summed E-state index contributed by atoms with van der Waals surface area (Å²) in [5, 5.41) is 2.83. The molecular formula is C13H17N3O2. The number of amides is 2. The lowest BCUT2D eigenvalue weighted by Crippen LogP contribution is -2.43. The van der Waals surface area contributed by atoms with Gasteiger partial charge in [0.05, 0.1) is 17.8 Å². The van der Waals surface area contributed by atoms with Crippen molar-refractivity contribution >= 4 is 17.5 Å². The predicted molar refractivity (Wildman–Crippen MR) is 67.8 cm³/mol. The van der Waals surface area contributed by atoms with Crippen LogP contribution in [0.25, 0.3) is 0 Å². The molecule has 0 saturated carbocycles. The van der Waals surface area contributed by atoms with E-state index in [1.807, 2.05) is 6.92 Å². The van der Waals surface area contributed by atoms with Gasteiger partial charge in [-0.05, 0) is 25.5 Å². The zero-order chi connectivity index (χ0) is 13.0. The average Bonchev–Trinajstić information content (AvgIpc) is 2.40. The van der Waals surface area contributed by atoms with Crippen LogP contribution >= 0.6 is 0 Å². The van der Waals surface area contributed by atoms with Gasteiger partial charge in [-0.25, -0.2) is 0 Å². The van der Waals surface area contributed by atoms with E-state index in [0.717, 1.165) is 0 Å². The van der Waals surface area contributed by atoms with Crippen LogP contribution in [0.1, 0.15) is 19.8 Å². The number of carbonyl (C=O) groups excluding carboxylic acids is 2. The van der Waals surface area contributed by atoms with Crippen LogP contribution in [0, 0.1) is 5.92 Å². The average molecular weight is 247 g/mol. The first-order valence-corrected chi connectivity index (χ1v) is 6.19. The number of aromatic nitrogens is 1. The monoisotopic (exact) mass is 247 g/mol. The molecule has 5 heteroatoms. The fourth-order valence-corrected chi connectivity index (χ4v) is 2.12. The largest absolute Gasteiger partial charge is 0.342 e. The van der Waals surface area contributed by atoms with Crippen molar-refractivity contribution in [2.45, 2.75) is 19.8 Å². The smallest absolute Gasteiger partial charge is 0.229 e. The highest BCUT2D eigenvalue weighted by Gasteiger charge is 2.29. The lowest BCUT2D eigenvalue weighted by Gasteiger charge is -2.30. The third-order valence-electron chi connectivity index (χ3n) is 3.18. The molecule has 1 aromatic rings. The molecule has 1 aromatic heterocycles. The van der Waals surface area contributed by atoms with Crippen LogP contribution in [0.3, 0.4) is 0 Å². The van der Waals surface area contributed by atoms with Crippen LogP contribution in [0.2, 0.25) is 0 Å². The van der Waals surface area contributed by atoms with Crippen molar-refractivity contribution in [3.63, 3.8) is 0 Å². The number of hydrogen-bond donors (Lipinski definition) is 1. The molecule has 1 atom stereocenters. The number of rotatable bonds is 3. The lowest BCUT2D eigenvalue weighted by molar-refractivity contribution is -0.136. The Labute approximate surface area is 106 Å². The molecule has 2 amide bonds. The molecule has 0 bridgehead atoms. The van der Waals surface area contributed by atoms with E-state index in [2.05, 4.69) is 10.3 Å². The first-order chi connectivity index (χ1) is 8.70. The first kappa shape index (κ1) is 12.5. The molecule has 1 unspecified atom stereocenters. The summed E-state index contributed by atoms with van der Waals surface area (Å²) in [6, 6.07) is 3.58. The Morgan fingerprint density at radius 1 is 1.61 bits per heavy atom. The standard InChI is InChI=1S/C13H17N3O2/c1-2-16-9-10(5-6-12(16)17)13(18)15-11-4-3-7-14-8-11/h3-4,7-8,10H,2,5-6,9H2,1H3,(H,15,18). The highest BCUT2D eigenvalue weighted by molar-refractivity contribution is 5.93. The van der Waals surface area contributed by atoms with Gasteiger partial charge in [0, 0.05) is 25.7 Å². The molecule has 0 radical (unpaired) electrons. The van der Waals surface area contributed by atoms with Crippen molar-refractivity contribution in [2.75, 3.05) is 18.4 Å². The van der Waals surface area contributed by atoms with Crippen molar-refractivity contribution in [2.24, 2.45) is 5.92 Å². The molecule has 1 fully saturated rings. The Kier molecular flexibility index (Phi) is 3.92. The van der Waals surface area contributed by atoms with Gasteiger partial charge in [0.25, 0.3) is 0 Å². The van der Waals surface area contributed by atoms with Crippen molar-refractivity contribution < 1.29 is 9.59 Å². The molecule has 5 nitrogen and oxygen atoms in total. The molecule has 96 valence electrons. The molecule has 1 N–H and O–H groups in total. The summed E-state index contributed by atoms with van der Waals surface area (Å²) in [6.07, 6.45) is 4.36. The predicted octanol–water partition coefficient (Wildman–Crippen LogP) is 1.28. The second-order valence-corrected chi connectivity index (χ2v) is 4.40. The Balaban J connectivity index is 1.96. The van der Waals surface area contributed by atoms with Gasteiger partial charge < -0.3 is 10.2 Å². The van der Waals surface area contributed by atoms with Gasteiger partial charge in [-0.1, -0.05) is 0 Å². The number of pyridine rings is 1. The molecule has 0 aliphatic carbocycles. The van der Waals surface area contributed by atoms with Gasteiger partial charge in [-0.2, -0.15) is 0 Å². The zero-order valence-electron chi connectivity index (χ0n) is 10.4. The maximum atomic E-state index is 12.1. The Bertz CT molecular complexity index is 433. The van der Waals surface area contributed by atoms with Crippen molar-refractivity contribution in [1.82, 2.24) is 9.88 Å². The fraction of sp³-hybridized carbons (Fsp3) is 0.462. The number of nitrogens with zero attached hydrogens (tertiary/aromatic N) is 2. The molecule has 0 aromatic carbocycles. The van der Waals surface area contributed by atoms with E-state index in [1.165, 1.54) is 0 Å². The summed E-state index contributed by atoms with van der Waals surface area (Å²) in [4.78, 5) is 29.3. The van der Waals surface area contributed by atoms with Gasteiger partial charge in [-0.3, -0.25) is 14.6 Å². The molecule has 1 saturated heterocycles. The Hall–Kier alpha value is -1.91. The first-order valence-electron chi connectivity index (χ1n) is 6.19. The summed E-state index contributed by atoms with van der Waals surface area (Å²) >= 11 is 0. The minimum Gasteiger partial charge on any atom is -0.342 e. The summed E-state index contributed by atoms with van der Waals surface area (Å²) in [5.41, 5.74) is 0.697. The van der Waals surface area contributed by atoms with Crippen molar-refractivity contribution in [3.8, 4) is 0 Å². The maximum absolute atomic E-state index is 12.1. The summed E-state index contributed by atoms with van der Waals surface area (Å²) in [5.74, 6) is -0.0141. The lowest BCUT2D eigenvalue weighted by atomic mass is 9.96. The summed E-state index contributed by atoms with van der Waals surface area (Å²) in [6.45, 7) is 3.11. The minimum absolute atomic E-state index is 0.0334. The van der Waals surface area contributed by atoms with Crippen LogP contribution in [0.15, 0.2) is 24.5 Å². The van der Waals surface area contributed by atoms with Crippen LogP contribution in [-0.4, -0.2) is 34.8 Å².